The van der Waals surface area contributed by atoms with Crippen molar-refractivity contribution in [2.75, 3.05) is 39.8 Å². The Kier molecular flexibility index (Phi) is 9.32. The van der Waals surface area contributed by atoms with Gasteiger partial charge in [-0.15, -0.1) is 12.4 Å². The van der Waals surface area contributed by atoms with E-state index in [1.807, 2.05) is 11.9 Å². The zero-order chi connectivity index (χ0) is 18.2. The minimum atomic E-state index is -0.784. The normalized spacial score (nSPS) is 15.5. The number of nitrogens with zero attached hydrogens (tertiary/aromatic N) is 3. The van der Waals surface area contributed by atoms with Crippen molar-refractivity contribution in [3.05, 3.63) is 34.4 Å². The number of hydrogen-bond acceptors (Lipinski definition) is 6. The molecule has 2 rings (SSSR count). The van der Waals surface area contributed by atoms with Crippen LogP contribution in [0.2, 0.25) is 0 Å². The van der Waals surface area contributed by atoms with E-state index < -0.39 is 10.9 Å². The molecule has 0 spiro atoms. The number of piperidine rings is 1. The average molecular weight is 388 g/mol. The van der Waals surface area contributed by atoms with Gasteiger partial charge < -0.3 is 14.7 Å². The number of halogens is 1. The highest BCUT2D eigenvalue weighted by Gasteiger charge is 2.23. The number of rotatable bonds is 9. The van der Waals surface area contributed by atoms with Gasteiger partial charge in [0.15, 0.2) is 0 Å². The summed E-state index contributed by atoms with van der Waals surface area (Å²) in [6.45, 7) is 3.52. The standard InChI is InChI=1S/C17H25N3O5.ClH/c1-18(13-17(21)22)14-7-10-19(11-8-14)9-2-12-25-16-5-3-15(4-6-16)20(23)24;/h3-6,14H,2,7-13H2,1H3,(H,21,22);1H. The van der Waals surface area contributed by atoms with Crippen molar-refractivity contribution in [2.45, 2.75) is 25.3 Å². The number of ether oxygens (including phenoxy) is 1. The predicted molar refractivity (Wildman–Crippen MR) is 100 cm³/mol. The molecule has 8 nitrogen and oxygen atoms in total. The van der Waals surface area contributed by atoms with Crippen LogP contribution in [0.3, 0.4) is 0 Å². The van der Waals surface area contributed by atoms with Crippen LogP contribution in [0.15, 0.2) is 24.3 Å². The molecule has 146 valence electrons. The van der Waals surface area contributed by atoms with Gasteiger partial charge in [0.05, 0.1) is 18.1 Å². The van der Waals surface area contributed by atoms with Crippen LogP contribution in [-0.4, -0.2) is 71.7 Å². The van der Waals surface area contributed by atoms with E-state index in [1.165, 1.54) is 12.1 Å². The minimum absolute atomic E-state index is 0. The maximum atomic E-state index is 10.8. The van der Waals surface area contributed by atoms with Crippen molar-refractivity contribution in [1.82, 2.24) is 9.80 Å². The molecule has 1 aromatic carbocycles. The van der Waals surface area contributed by atoms with Crippen LogP contribution in [0, 0.1) is 10.1 Å². The van der Waals surface area contributed by atoms with Crippen LogP contribution in [0.4, 0.5) is 5.69 Å². The number of carboxylic acid groups (broad SMARTS) is 1. The average Bonchev–Trinajstić information content (AvgIpc) is 2.59. The fourth-order valence-electron chi connectivity index (χ4n) is 3.07. The number of aliphatic carboxylic acids is 1. The lowest BCUT2D eigenvalue weighted by Gasteiger charge is -2.36. The molecular weight excluding hydrogens is 362 g/mol. The van der Waals surface area contributed by atoms with Crippen LogP contribution in [0.1, 0.15) is 19.3 Å². The van der Waals surface area contributed by atoms with E-state index in [0.717, 1.165) is 38.9 Å². The van der Waals surface area contributed by atoms with E-state index in [-0.39, 0.29) is 24.6 Å². The van der Waals surface area contributed by atoms with Gasteiger partial charge in [-0.05, 0) is 51.5 Å². The van der Waals surface area contributed by atoms with Gasteiger partial charge >= 0.3 is 5.97 Å². The molecule has 1 fully saturated rings. The first-order valence-corrected chi connectivity index (χ1v) is 8.47. The van der Waals surface area contributed by atoms with Gasteiger partial charge in [-0.3, -0.25) is 19.8 Å². The molecule has 1 N–H and O–H groups in total. The fourth-order valence-corrected chi connectivity index (χ4v) is 3.07. The molecule has 0 bridgehead atoms. The topological polar surface area (TPSA) is 96.2 Å². The molecule has 1 aromatic rings. The second-order valence-corrected chi connectivity index (χ2v) is 6.33. The first-order chi connectivity index (χ1) is 12.0. The highest BCUT2D eigenvalue weighted by Crippen LogP contribution is 2.18. The Morgan fingerprint density at radius 3 is 2.50 bits per heavy atom. The molecule has 1 saturated heterocycles. The largest absolute Gasteiger partial charge is 0.494 e. The van der Waals surface area contributed by atoms with E-state index in [9.17, 15) is 14.9 Å². The monoisotopic (exact) mass is 387 g/mol. The maximum Gasteiger partial charge on any atom is 0.317 e. The van der Waals surface area contributed by atoms with E-state index in [0.29, 0.717) is 18.4 Å². The number of carbonyl (C=O) groups is 1. The zero-order valence-electron chi connectivity index (χ0n) is 14.9. The van der Waals surface area contributed by atoms with Crippen molar-refractivity contribution in [1.29, 1.82) is 0 Å². The molecule has 26 heavy (non-hydrogen) atoms. The van der Waals surface area contributed by atoms with Crippen molar-refractivity contribution < 1.29 is 19.6 Å². The molecule has 0 atom stereocenters. The SMILES string of the molecule is CN(CC(=O)O)C1CCN(CCCOc2ccc([N+](=O)[O-])cc2)CC1.Cl. The van der Waals surface area contributed by atoms with Crippen molar-refractivity contribution in [3.63, 3.8) is 0 Å². The summed E-state index contributed by atoms with van der Waals surface area (Å²) < 4.78 is 5.61. The molecule has 1 heterocycles. The van der Waals surface area contributed by atoms with E-state index in [2.05, 4.69) is 4.90 Å². The molecule has 0 unspecified atom stereocenters. The number of nitro benzene ring substituents is 1. The Morgan fingerprint density at radius 2 is 1.96 bits per heavy atom. The third-order valence-corrected chi connectivity index (χ3v) is 4.50. The summed E-state index contributed by atoms with van der Waals surface area (Å²) in [4.78, 5) is 25.2. The van der Waals surface area contributed by atoms with Gasteiger partial charge in [-0.25, -0.2) is 0 Å². The number of hydrogen-bond donors (Lipinski definition) is 1. The molecule has 1 aliphatic rings. The number of benzene rings is 1. The molecule has 0 radical (unpaired) electrons. The van der Waals surface area contributed by atoms with E-state index in [1.54, 1.807) is 12.1 Å². The Labute approximate surface area is 159 Å². The maximum absolute atomic E-state index is 10.8. The quantitative estimate of drug-likeness (QED) is 0.394. The van der Waals surface area contributed by atoms with Gasteiger partial charge in [0.1, 0.15) is 5.75 Å². The second kappa shape index (κ2) is 10.9. The van der Waals surface area contributed by atoms with Gasteiger partial charge in [0, 0.05) is 24.7 Å². The predicted octanol–water partition coefficient (Wildman–Crippen LogP) is 2.27. The third-order valence-electron chi connectivity index (χ3n) is 4.50. The fraction of sp³-hybridized carbons (Fsp3) is 0.588. The van der Waals surface area contributed by atoms with Gasteiger partial charge in [-0.2, -0.15) is 0 Å². The molecule has 0 aromatic heterocycles. The summed E-state index contributed by atoms with van der Waals surface area (Å²) in [5, 5.41) is 19.4. The Morgan fingerprint density at radius 1 is 1.35 bits per heavy atom. The first-order valence-electron chi connectivity index (χ1n) is 8.47. The first kappa shape index (κ1) is 22.1. The van der Waals surface area contributed by atoms with E-state index >= 15 is 0 Å². The molecular formula is C17H26ClN3O5. The third kappa shape index (κ3) is 7.15. The second-order valence-electron chi connectivity index (χ2n) is 6.33. The number of carboxylic acids is 1. The molecule has 0 saturated carbocycles. The number of nitro groups is 1. The van der Waals surface area contributed by atoms with E-state index in [4.69, 9.17) is 9.84 Å². The summed E-state index contributed by atoms with van der Waals surface area (Å²) in [6.07, 6.45) is 2.84. The lowest BCUT2D eigenvalue weighted by molar-refractivity contribution is -0.384. The number of likely N-dealkylation sites (N-methyl/N-ethyl adjacent to an activating group) is 1. The molecule has 9 heteroatoms. The summed E-state index contributed by atoms with van der Waals surface area (Å²) >= 11 is 0. The summed E-state index contributed by atoms with van der Waals surface area (Å²) in [5.74, 6) is -0.145. The zero-order valence-corrected chi connectivity index (χ0v) is 15.7. The van der Waals surface area contributed by atoms with Crippen LogP contribution < -0.4 is 4.74 Å². The highest BCUT2D eigenvalue weighted by atomic mass is 35.5. The van der Waals surface area contributed by atoms with Crippen LogP contribution in [-0.2, 0) is 4.79 Å². The Balaban J connectivity index is 0.00000338. The Hall–Kier alpha value is -1.90. The molecule has 1 aliphatic heterocycles. The van der Waals surface area contributed by atoms with Crippen molar-refractivity contribution in [2.24, 2.45) is 0 Å². The number of likely N-dealkylation sites (tertiary alicyclic amines) is 1. The Bertz CT molecular complexity index is 576. The minimum Gasteiger partial charge on any atom is -0.494 e. The molecule has 0 amide bonds. The van der Waals surface area contributed by atoms with Gasteiger partial charge in [0.25, 0.3) is 5.69 Å². The van der Waals surface area contributed by atoms with Crippen molar-refractivity contribution >= 4 is 24.1 Å². The molecule has 0 aliphatic carbocycles. The number of non-ortho nitro benzene ring substituents is 1. The summed E-state index contributed by atoms with van der Waals surface area (Å²) in [5.41, 5.74) is 0.0584. The van der Waals surface area contributed by atoms with Crippen LogP contribution >= 0.6 is 12.4 Å². The lowest BCUT2D eigenvalue weighted by Crippen LogP contribution is -2.45. The van der Waals surface area contributed by atoms with Crippen molar-refractivity contribution in [3.8, 4) is 5.75 Å². The summed E-state index contributed by atoms with van der Waals surface area (Å²) in [6, 6.07) is 6.44. The highest BCUT2D eigenvalue weighted by molar-refractivity contribution is 5.85. The smallest absolute Gasteiger partial charge is 0.317 e. The van der Waals surface area contributed by atoms with Crippen LogP contribution in [0.25, 0.3) is 0 Å². The summed E-state index contributed by atoms with van der Waals surface area (Å²) in [7, 11) is 1.87. The van der Waals surface area contributed by atoms with Crippen LogP contribution in [0.5, 0.6) is 5.75 Å². The lowest BCUT2D eigenvalue weighted by atomic mass is 10.0. The van der Waals surface area contributed by atoms with Gasteiger partial charge in [0.2, 0.25) is 0 Å². The van der Waals surface area contributed by atoms with Gasteiger partial charge in [-0.1, -0.05) is 0 Å².